The zero-order valence-corrected chi connectivity index (χ0v) is 14.1. The first-order valence-corrected chi connectivity index (χ1v) is 7.52. The first kappa shape index (κ1) is 15.3. The molecule has 0 atom stereocenters. The number of anilines is 1. The maximum Gasteiger partial charge on any atom is 0.258 e. The molecular weight excluding hydrogens is 290 g/mol. The van der Waals surface area contributed by atoms with Crippen LogP contribution in [0.5, 0.6) is 0 Å². The second kappa shape index (κ2) is 5.22. The molecule has 0 aliphatic carbocycles. The van der Waals surface area contributed by atoms with Crippen LogP contribution >= 0.6 is 0 Å². The highest BCUT2D eigenvalue weighted by Gasteiger charge is 2.21. The summed E-state index contributed by atoms with van der Waals surface area (Å²) in [6.07, 6.45) is 3.23. The molecule has 0 aliphatic heterocycles. The Labute approximate surface area is 135 Å². The molecule has 0 saturated heterocycles. The van der Waals surface area contributed by atoms with Crippen molar-refractivity contribution < 1.29 is 4.79 Å². The van der Waals surface area contributed by atoms with Crippen LogP contribution in [0.4, 0.5) is 5.69 Å². The zero-order valence-electron chi connectivity index (χ0n) is 14.1. The number of imidazole rings is 1. The molecule has 2 heterocycles. The molecule has 0 spiro atoms. The summed E-state index contributed by atoms with van der Waals surface area (Å²) in [5.74, 6) is 0.840. The van der Waals surface area contributed by atoms with E-state index < -0.39 is 0 Å². The van der Waals surface area contributed by atoms with E-state index in [2.05, 4.69) is 35.8 Å². The lowest BCUT2D eigenvalue weighted by atomic mass is 9.96. The maximum atomic E-state index is 12.2. The monoisotopic (exact) mass is 311 g/mol. The highest BCUT2D eigenvalue weighted by Crippen LogP contribution is 2.27. The van der Waals surface area contributed by atoms with Crippen LogP contribution < -0.4 is 5.32 Å². The summed E-state index contributed by atoms with van der Waals surface area (Å²) in [7, 11) is 3.80. The number of nitrogens with one attached hydrogen (secondary N) is 1. The Morgan fingerprint density at radius 1 is 1.22 bits per heavy atom. The number of rotatable bonds is 2. The predicted octanol–water partition coefficient (Wildman–Crippen LogP) is 2.86. The van der Waals surface area contributed by atoms with Crippen LogP contribution in [0.2, 0.25) is 0 Å². The molecule has 120 valence electrons. The summed E-state index contributed by atoms with van der Waals surface area (Å²) in [5.41, 5.74) is 3.15. The number of hydrogen-bond acceptors (Lipinski definition) is 3. The van der Waals surface area contributed by atoms with Crippen molar-refractivity contribution in [3.8, 4) is 0 Å². The van der Waals surface area contributed by atoms with Gasteiger partial charge in [0.1, 0.15) is 5.82 Å². The van der Waals surface area contributed by atoms with Crippen LogP contribution in [-0.4, -0.2) is 25.2 Å². The quantitative estimate of drug-likeness (QED) is 0.791. The standard InChI is InChI=1S/C17H21N5O/c1-17(2,3)16-20-13-8-12(6-7-14(13)22(16)5)19-15(23)11-9-18-21(4)10-11/h6-10H,1-5H3,(H,19,23). The van der Waals surface area contributed by atoms with Gasteiger partial charge in [0.05, 0.1) is 22.8 Å². The summed E-state index contributed by atoms with van der Waals surface area (Å²) in [5, 5.41) is 6.90. The van der Waals surface area contributed by atoms with Gasteiger partial charge in [-0.3, -0.25) is 9.48 Å². The Hall–Kier alpha value is -2.63. The van der Waals surface area contributed by atoms with Gasteiger partial charge in [0.25, 0.3) is 5.91 Å². The van der Waals surface area contributed by atoms with E-state index in [1.54, 1.807) is 24.1 Å². The van der Waals surface area contributed by atoms with Crippen molar-refractivity contribution in [3.05, 3.63) is 42.0 Å². The van der Waals surface area contributed by atoms with Crippen LogP contribution in [0.1, 0.15) is 37.0 Å². The molecule has 1 amide bonds. The molecule has 0 unspecified atom stereocenters. The second-order valence-electron chi connectivity index (χ2n) is 6.80. The smallest absolute Gasteiger partial charge is 0.258 e. The number of hydrogen-bond donors (Lipinski definition) is 1. The third kappa shape index (κ3) is 2.84. The molecule has 3 rings (SSSR count). The minimum Gasteiger partial charge on any atom is -0.331 e. The van der Waals surface area contributed by atoms with Crippen molar-refractivity contribution in [2.75, 3.05) is 5.32 Å². The van der Waals surface area contributed by atoms with E-state index in [1.165, 1.54) is 0 Å². The van der Waals surface area contributed by atoms with Gasteiger partial charge in [-0.05, 0) is 18.2 Å². The zero-order chi connectivity index (χ0) is 16.8. The van der Waals surface area contributed by atoms with E-state index >= 15 is 0 Å². The largest absolute Gasteiger partial charge is 0.331 e. The Balaban J connectivity index is 1.93. The molecule has 0 bridgehead atoms. The van der Waals surface area contributed by atoms with Gasteiger partial charge in [-0.1, -0.05) is 20.8 Å². The molecule has 6 heteroatoms. The van der Waals surface area contributed by atoms with Crippen LogP contribution in [-0.2, 0) is 19.5 Å². The SMILES string of the molecule is Cn1cc(C(=O)Nc2ccc3c(c2)nc(C(C)(C)C)n3C)cn1. The fourth-order valence-electron chi connectivity index (χ4n) is 2.69. The van der Waals surface area contributed by atoms with Gasteiger partial charge in [-0.25, -0.2) is 4.98 Å². The normalized spacial score (nSPS) is 11.9. The summed E-state index contributed by atoms with van der Waals surface area (Å²) < 4.78 is 3.70. The van der Waals surface area contributed by atoms with E-state index in [0.29, 0.717) is 5.56 Å². The number of aromatic nitrogens is 4. The third-order valence-electron chi connectivity index (χ3n) is 3.78. The molecule has 0 radical (unpaired) electrons. The number of carbonyl (C=O) groups excluding carboxylic acids is 1. The molecule has 6 nitrogen and oxygen atoms in total. The first-order chi connectivity index (χ1) is 10.8. The van der Waals surface area contributed by atoms with E-state index in [1.807, 2.05) is 25.2 Å². The van der Waals surface area contributed by atoms with Gasteiger partial charge in [0.2, 0.25) is 0 Å². The van der Waals surface area contributed by atoms with Gasteiger partial charge in [-0.15, -0.1) is 0 Å². The number of nitrogens with zero attached hydrogens (tertiary/aromatic N) is 4. The van der Waals surface area contributed by atoms with Gasteiger partial charge >= 0.3 is 0 Å². The predicted molar refractivity (Wildman–Crippen MR) is 90.6 cm³/mol. The lowest BCUT2D eigenvalue weighted by molar-refractivity contribution is 0.102. The van der Waals surface area contributed by atoms with E-state index in [9.17, 15) is 4.79 Å². The van der Waals surface area contributed by atoms with Gasteiger partial charge in [-0.2, -0.15) is 5.10 Å². The van der Waals surface area contributed by atoms with Crippen molar-refractivity contribution in [2.45, 2.75) is 26.2 Å². The summed E-state index contributed by atoms with van der Waals surface area (Å²) in [6, 6.07) is 5.78. The van der Waals surface area contributed by atoms with Crippen LogP contribution in [0.15, 0.2) is 30.6 Å². The lowest BCUT2D eigenvalue weighted by Gasteiger charge is -2.17. The minimum atomic E-state index is -0.176. The topological polar surface area (TPSA) is 64.7 Å². The number of fused-ring (bicyclic) bond motifs is 1. The van der Waals surface area contributed by atoms with E-state index in [4.69, 9.17) is 4.98 Å². The first-order valence-electron chi connectivity index (χ1n) is 7.52. The highest BCUT2D eigenvalue weighted by atomic mass is 16.1. The molecular formula is C17H21N5O. The fourth-order valence-corrected chi connectivity index (χ4v) is 2.69. The molecule has 23 heavy (non-hydrogen) atoms. The summed E-state index contributed by atoms with van der Waals surface area (Å²) in [6.45, 7) is 6.41. The average molecular weight is 311 g/mol. The molecule has 0 aliphatic rings. The Morgan fingerprint density at radius 3 is 2.57 bits per heavy atom. The van der Waals surface area contributed by atoms with Crippen molar-refractivity contribution in [1.29, 1.82) is 0 Å². The molecule has 0 saturated carbocycles. The van der Waals surface area contributed by atoms with Crippen LogP contribution in [0.3, 0.4) is 0 Å². The van der Waals surface area contributed by atoms with Crippen LogP contribution in [0.25, 0.3) is 11.0 Å². The fraction of sp³-hybridized carbons (Fsp3) is 0.353. The average Bonchev–Trinajstić information content (AvgIpc) is 3.03. The van der Waals surface area contributed by atoms with Gasteiger partial charge in [0, 0.05) is 31.4 Å². The third-order valence-corrected chi connectivity index (χ3v) is 3.78. The number of amides is 1. The number of carbonyl (C=O) groups is 1. The molecule has 1 aromatic carbocycles. The van der Waals surface area contributed by atoms with Gasteiger partial charge < -0.3 is 9.88 Å². The van der Waals surface area contributed by atoms with Crippen molar-refractivity contribution in [1.82, 2.24) is 19.3 Å². The second-order valence-corrected chi connectivity index (χ2v) is 6.80. The van der Waals surface area contributed by atoms with Crippen molar-refractivity contribution >= 4 is 22.6 Å². The maximum absolute atomic E-state index is 12.2. The Bertz CT molecular complexity index is 882. The number of aryl methyl sites for hydroxylation is 2. The van der Waals surface area contributed by atoms with E-state index in [0.717, 1.165) is 22.5 Å². The number of benzene rings is 1. The van der Waals surface area contributed by atoms with Gasteiger partial charge in [0.15, 0.2) is 0 Å². The summed E-state index contributed by atoms with van der Waals surface area (Å²) >= 11 is 0. The molecule has 0 fully saturated rings. The minimum absolute atomic E-state index is 0.0348. The Kier molecular flexibility index (Phi) is 3.47. The van der Waals surface area contributed by atoms with Crippen molar-refractivity contribution in [2.24, 2.45) is 14.1 Å². The van der Waals surface area contributed by atoms with E-state index in [-0.39, 0.29) is 11.3 Å². The summed E-state index contributed by atoms with van der Waals surface area (Å²) in [4.78, 5) is 16.9. The molecule has 1 N–H and O–H groups in total. The molecule has 2 aromatic heterocycles. The lowest BCUT2D eigenvalue weighted by Crippen LogP contribution is -2.17. The van der Waals surface area contributed by atoms with Crippen LogP contribution in [0, 0.1) is 0 Å². The Morgan fingerprint density at radius 2 is 1.96 bits per heavy atom. The molecule has 3 aromatic rings. The van der Waals surface area contributed by atoms with Crippen molar-refractivity contribution in [3.63, 3.8) is 0 Å². The highest BCUT2D eigenvalue weighted by molar-refractivity contribution is 6.04.